The van der Waals surface area contributed by atoms with Crippen LogP contribution in [0.4, 0.5) is 6.01 Å². The summed E-state index contributed by atoms with van der Waals surface area (Å²) in [4.78, 5) is 34.4. The Morgan fingerprint density at radius 2 is 2.11 bits per heavy atom. The van der Waals surface area contributed by atoms with Crippen molar-refractivity contribution in [2.45, 2.75) is 18.9 Å². The normalized spacial score (nSPS) is 16.9. The number of nitrogens with zero attached hydrogens (tertiary/aromatic N) is 4. The molecule has 28 heavy (non-hydrogen) atoms. The lowest BCUT2D eigenvalue weighted by Crippen LogP contribution is -2.37. The number of hydrogen-bond donors (Lipinski definition) is 1. The van der Waals surface area contributed by atoms with Crippen LogP contribution < -0.4 is 5.73 Å². The highest BCUT2D eigenvalue weighted by atomic mass is 16.4. The van der Waals surface area contributed by atoms with Gasteiger partial charge in [0.15, 0.2) is 5.58 Å². The molecule has 8 heteroatoms. The van der Waals surface area contributed by atoms with Crippen molar-refractivity contribution in [2.24, 2.45) is 0 Å². The van der Waals surface area contributed by atoms with E-state index in [4.69, 9.17) is 10.2 Å². The van der Waals surface area contributed by atoms with Crippen LogP contribution in [-0.2, 0) is 4.79 Å². The number of hydrogen-bond acceptors (Lipinski definition) is 6. The summed E-state index contributed by atoms with van der Waals surface area (Å²) in [6.07, 6.45) is 5.81. The Kier molecular flexibility index (Phi) is 3.65. The van der Waals surface area contributed by atoms with E-state index in [2.05, 4.69) is 9.97 Å². The van der Waals surface area contributed by atoms with Crippen LogP contribution in [-0.4, -0.2) is 44.0 Å². The van der Waals surface area contributed by atoms with Crippen molar-refractivity contribution >= 4 is 35.0 Å². The van der Waals surface area contributed by atoms with Crippen LogP contribution in [0, 0.1) is 0 Å². The average Bonchev–Trinajstić information content (AvgIpc) is 3.42. The van der Waals surface area contributed by atoms with E-state index in [1.807, 2.05) is 36.5 Å². The van der Waals surface area contributed by atoms with Gasteiger partial charge in [0, 0.05) is 12.7 Å². The number of anilines is 1. The Morgan fingerprint density at radius 1 is 1.25 bits per heavy atom. The third-order valence-corrected chi connectivity index (χ3v) is 5.18. The predicted octanol–water partition coefficient (Wildman–Crippen LogP) is 2.53. The van der Waals surface area contributed by atoms with Gasteiger partial charge >= 0.3 is 0 Å². The van der Waals surface area contributed by atoms with Crippen LogP contribution in [0.1, 0.15) is 23.3 Å². The number of oxazole rings is 1. The number of benzene rings is 1. The zero-order valence-electron chi connectivity index (χ0n) is 14.9. The van der Waals surface area contributed by atoms with E-state index in [0.29, 0.717) is 35.4 Å². The molecule has 4 aromatic rings. The first kappa shape index (κ1) is 16.5. The van der Waals surface area contributed by atoms with E-state index in [-0.39, 0.29) is 18.0 Å². The fourth-order valence-corrected chi connectivity index (χ4v) is 3.77. The van der Waals surface area contributed by atoms with Crippen LogP contribution >= 0.6 is 0 Å². The topological polar surface area (TPSA) is 107 Å². The van der Waals surface area contributed by atoms with Crippen molar-refractivity contribution in [1.29, 1.82) is 0 Å². The lowest BCUT2D eigenvalue weighted by molar-refractivity contribution is -0.111. The zero-order valence-corrected chi connectivity index (χ0v) is 14.9. The average molecular weight is 375 g/mol. The Hall–Kier alpha value is -3.68. The van der Waals surface area contributed by atoms with E-state index < -0.39 is 0 Å². The molecule has 3 aromatic heterocycles. The molecule has 4 heterocycles. The summed E-state index contributed by atoms with van der Waals surface area (Å²) >= 11 is 0. The van der Waals surface area contributed by atoms with E-state index >= 15 is 0 Å². The molecule has 0 spiro atoms. The largest absolute Gasteiger partial charge is 0.424 e. The molecule has 0 bridgehead atoms. The number of carbonyl (C=O) groups is 2. The third kappa shape index (κ3) is 2.53. The minimum Gasteiger partial charge on any atom is -0.424 e. The van der Waals surface area contributed by atoms with Crippen LogP contribution in [0.2, 0.25) is 0 Å². The monoisotopic (exact) mass is 375 g/mol. The predicted molar refractivity (Wildman–Crippen MR) is 103 cm³/mol. The number of imidazole rings is 1. The maximum Gasteiger partial charge on any atom is 0.292 e. The molecule has 5 rings (SSSR count). The smallest absolute Gasteiger partial charge is 0.292 e. The molecule has 1 atom stereocenters. The van der Waals surface area contributed by atoms with E-state index in [9.17, 15) is 9.59 Å². The molecule has 1 saturated heterocycles. The molecule has 140 valence electrons. The lowest BCUT2D eigenvalue weighted by Gasteiger charge is -2.20. The van der Waals surface area contributed by atoms with Crippen molar-refractivity contribution in [1.82, 2.24) is 19.3 Å². The van der Waals surface area contributed by atoms with E-state index in [1.165, 1.54) is 0 Å². The van der Waals surface area contributed by atoms with Gasteiger partial charge in [-0.25, -0.2) is 4.98 Å². The van der Waals surface area contributed by atoms with Gasteiger partial charge in [-0.05, 0) is 48.2 Å². The Bertz CT molecular complexity index is 1230. The number of pyridine rings is 1. The van der Waals surface area contributed by atoms with Gasteiger partial charge in [-0.1, -0.05) is 6.07 Å². The molecule has 1 unspecified atom stereocenters. The molecule has 1 aromatic carbocycles. The number of nitrogen functional groups attached to an aromatic ring is 1. The fourth-order valence-electron chi connectivity index (χ4n) is 3.77. The van der Waals surface area contributed by atoms with Crippen molar-refractivity contribution in [3.05, 3.63) is 48.4 Å². The van der Waals surface area contributed by atoms with Gasteiger partial charge in [0.05, 0.1) is 12.2 Å². The summed E-state index contributed by atoms with van der Waals surface area (Å²) in [6, 6.07) is 9.17. The number of rotatable bonds is 3. The first-order valence-corrected chi connectivity index (χ1v) is 9.04. The highest BCUT2D eigenvalue weighted by Gasteiger charge is 2.30. The Balaban J connectivity index is 1.57. The standard InChI is InChI=1S/C20H17N5O3/c21-20-23-15-8-12(3-5-17(15)28-20)13-4-6-18-22-9-16(25(18)10-13)19(27)24-7-1-2-14(24)11-26/h3-6,8-11,14H,1-2,7H2,(H2,21,23). The Labute approximate surface area is 159 Å². The van der Waals surface area contributed by atoms with Crippen LogP contribution in [0.15, 0.2) is 47.1 Å². The van der Waals surface area contributed by atoms with Gasteiger partial charge in [-0.2, -0.15) is 4.98 Å². The summed E-state index contributed by atoms with van der Waals surface area (Å²) in [5.74, 6) is -0.182. The van der Waals surface area contributed by atoms with Crippen molar-refractivity contribution in [3.63, 3.8) is 0 Å². The fraction of sp³-hybridized carbons (Fsp3) is 0.200. The SMILES string of the molecule is Nc1nc2cc(-c3ccc4ncc(C(=O)N5CCCC5C=O)n4c3)ccc2o1. The second kappa shape index (κ2) is 6.19. The van der Waals surface area contributed by atoms with Gasteiger partial charge in [-0.15, -0.1) is 0 Å². The Morgan fingerprint density at radius 3 is 2.96 bits per heavy atom. The minimum atomic E-state index is -0.360. The lowest BCUT2D eigenvalue weighted by atomic mass is 10.1. The quantitative estimate of drug-likeness (QED) is 0.552. The van der Waals surface area contributed by atoms with Crippen LogP contribution in [0.5, 0.6) is 0 Å². The maximum atomic E-state index is 13.0. The maximum absolute atomic E-state index is 13.0. The summed E-state index contributed by atoms with van der Waals surface area (Å²) in [5.41, 5.74) is 9.83. The van der Waals surface area contributed by atoms with Gasteiger partial charge in [0.1, 0.15) is 23.1 Å². The van der Waals surface area contributed by atoms with E-state index in [0.717, 1.165) is 23.8 Å². The highest BCUT2D eigenvalue weighted by Crippen LogP contribution is 2.27. The van der Waals surface area contributed by atoms with Crippen LogP contribution in [0.25, 0.3) is 27.9 Å². The molecular formula is C20H17N5O3. The first-order valence-electron chi connectivity index (χ1n) is 9.04. The highest BCUT2D eigenvalue weighted by molar-refractivity contribution is 5.95. The number of fused-ring (bicyclic) bond motifs is 2. The van der Waals surface area contributed by atoms with Crippen molar-refractivity contribution < 1.29 is 14.0 Å². The zero-order chi connectivity index (χ0) is 19.3. The molecule has 0 saturated carbocycles. The number of aromatic nitrogens is 3. The van der Waals surface area contributed by atoms with E-state index in [1.54, 1.807) is 15.5 Å². The molecule has 0 radical (unpaired) electrons. The third-order valence-electron chi connectivity index (χ3n) is 5.18. The second-order valence-electron chi connectivity index (χ2n) is 6.87. The van der Waals surface area contributed by atoms with Gasteiger partial charge in [0.25, 0.3) is 11.9 Å². The number of likely N-dealkylation sites (tertiary alicyclic amines) is 1. The second-order valence-corrected chi connectivity index (χ2v) is 6.87. The molecule has 8 nitrogen and oxygen atoms in total. The first-order chi connectivity index (χ1) is 13.6. The number of amides is 1. The van der Waals surface area contributed by atoms with Crippen LogP contribution in [0.3, 0.4) is 0 Å². The molecule has 2 N–H and O–H groups in total. The summed E-state index contributed by atoms with van der Waals surface area (Å²) < 4.78 is 7.08. The molecule has 1 fully saturated rings. The molecule has 1 amide bonds. The van der Waals surface area contributed by atoms with Gasteiger partial charge < -0.3 is 19.8 Å². The molecular weight excluding hydrogens is 358 g/mol. The molecule has 1 aliphatic rings. The minimum absolute atomic E-state index is 0.125. The van der Waals surface area contributed by atoms with Crippen molar-refractivity contribution in [3.8, 4) is 11.1 Å². The number of aldehydes is 1. The summed E-state index contributed by atoms with van der Waals surface area (Å²) in [6.45, 7) is 0.583. The van der Waals surface area contributed by atoms with Gasteiger partial charge in [-0.3, -0.25) is 9.20 Å². The molecule has 1 aliphatic heterocycles. The van der Waals surface area contributed by atoms with Crippen molar-refractivity contribution in [2.75, 3.05) is 12.3 Å². The summed E-state index contributed by atoms with van der Waals surface area (Å²) in [7, 11) is 0. The number of carbonyl (C=O) groups excluding carboxylic acids is 2. The molecule has 0 aliphatic carbocycles. The number of nitrogens with two attached hydrogens (primary N) is 1. The van der Waals surface area contributed by atoms with Gasteiger partial charge in [0.2, 0.25) is 0 Å². The summed E-state index contributed by atoms with van der Waals surface area (Å²) in [5, 5.41) is 0.